The molecule has 1 fully saturated rings. The number of carbonyl (C=O) groups is 1. The van der Waals surface area contributed by atoms with Crippen LogP contribution in [0.1, 0.15) is 23.3 Å². The van der Waals surface area contributed by atoms with Crippen molar-refractivity contribution >= 4 is 22.9 Å². The van der Waals surface area contributed by atoms with Crippen LogP contribution in [0, 0.1) is 5.92 Å². The van der Waals surface area contributed by atoms with Gasteiger partial charge in [-0.2, -0.15) is 0 Å². The molecule has 1 aliphatic carbocycles. The number of thiophene rings is 1. The smallest absolute Gasteiger partial charge is 0.294 e. The highest BCUT2D eigenvalue weighted by Crippen LogP contribution is 2.32. The molecule has 6 nitrogen and oxygen atoms in total. The highest BCUT2D eigenvalue weighted by Gasteiger charge is 2.25. The van der Waals surface area contributed by atoms with Crippen molar-refractivity contribution < 1.29 is 4.79 Å². The largest absolute Gasteiger partial charge is 0.354 e. The fourth-order valence-electron chi connectivity index (χ4n) is 2.68. The molecule has 4 rings (SSSR count). The van der Waals surface area contributed by atoms with Crippen LogP contribution in [-0.2, 0) is 6.54 Å². The molecule has 1 N–H and O–H groups in total. The van der Waals surface area contributed by atoms with Gasteiger partial charge in [0, 0.05) is 26.0 Å². The molecular weight excluding hydrogens is 312 g/mol. The van der Waals surface area contributed by atoms with Crippen molar-refractivity contribution in [3.8, 4) is 10.6 Å². The SMILES string of the molecule is CNC(=O)c1cn2cc(-c3cccs3)n(CC3CC3)c(=O)c2n1. The molecular formula is C16H16N4O2S. The molecule has 3 aromatic heterocycles. The lowest BCUT2D eigenvalue weighted by atomic mass is 10.3. The molecule has 1 amide bonds. The Labute approximate surface area is 136 Å². The molecule has 0 aliphatic heterocycles. The van der Waals surface area contributed by atoms with Crippen molar-refractivity contribution in [2.24, 2.45) is 5.92 Å². The normalized spacial score (nSPS) is 14.3. The molecule has 0 radical (unpaired) electrons. The molecule has 0 unspecified atom stereocenters. The third kappa shape index (κ3) is 2.46. The first kappa shape index (κ1) is 14.2. The van der Waals surface area contributed by atoms with Gasteiger partial charge in [-0.3, -0.25) is 14.0 Å². The van der Waals surface area contributed by atoms with Crippen molar-refractivity contribution in [1.82, 2.24) is 19.3 Å². The molecule has 3 heterocycles. The number of nitrogens with one attached hydrogen (secondary N) is 1. The average Bonchev–Trinajstić information content (AvgIpc) is 3.04. The topological polar surface area (TPSA) is 68.4 Å². The maximum Gasteiger partial charge on any atom is 0.294 e. The Hall–Kier alpha value is -2.41. The van der Waals surface area contributed by atoms with Crippen molar-refractivity contribution in [2.75, 3.05) is 7.05 Å². The second-order valence-corrected chi connectivity index (χ2v) is 6.73. The third-order valence-electron chi connectivity index (χ3n) is 4.09. The van der Waals surface area contributed by atoms with Gasteiger partial charge in [0.15, 0.2) is 0 Å². The van der Waals surface area contributed by atoms with Crippen molar-refractivity contribution in [1.29, 1.82) is 0 Å². The highest BCUT2D eigenvalue weighted by atomic mass is 32.1. The monoisotopic (exact) mass is 328 g/mol. The van der Waals surface area contributed by atoms with Crippen LogP contribution in [0.3, 0.4) is 0 Å². The van der Waals surface area contributed by atoms with Crippen LogP contribution in [0.4, 0.5) is 0 Å². The van der Waals surface area contributed by atoms with E-state index in [2.05, 4.69) is 10.3 Å². The van der Waals surface area contributed by atoms with Crippen LogP contribution in [0.25, 0.3) is 16.2 Å². The van der Waals surface area contributed by atoms with Crippen LogP contribution in [-0.4, -0.2) is 26.9 Å². The van der Waals surface area contributed by atoms with E-state index in [0.29, 0.717) is 18.1 Å². The standard InChI is InChI=1S/C16H16N4O2S/c1-17-15(21)11-8-19-9-12(13-3-2-6-23-13)20(7-10-4-5-10)16(22)14(19)18-11/h2-3,6,8-10H,4-5,7H2,1H3,(H,17,21). The van der Waals surface area contributed by atoms with Gasteiger partial charge in [-0.25, -0.2) is 4.98 Å². The average molecular weight is 328 g/mol. The first-order valence-corrected chi connectivity index (χ1v) is 8.44. The summed E-state index contributed by atoms with van der Waals surface area (Å²) in [6.45, 7) is 0.713. The molecule has 0 spiro atoms. The van der Waals surface area contributed by atoms with E-state index in [9.17, 15) is 9.59 Å². The first-order valence-electron chi connectivity index (χ1n) is 7.56. The van der Waals surface area contributed by atoms with E-state index in [-0.39, 0.29) is 17.2 Å². The molecule has 0 saturated heterocycles. The zero-order valence-corrected chi connectivity index (χ0v) is 13.5. The van der Waals surface area contributed by atoms with E-state index in [1.54, 1.807) is 33.5 Å². The van der Waals surface area contributed by atoms with Crippen molar-refractivity contribution in [2.45, 2.75) is 19.4 Å². The minimum absolute atomic E-state index is 0.141. The summed E-state index contributed by atoms with van der Waals surface area (Å²) in [7, 11) is 1.55. The number of hydrogen-bond donors (Lipinski definition) is 1. The van der Waals surface area contributed by atoms with Gasteiger partial charge in [-0.15, -0.1) is 11.3 Å². The summed E-state index contributed by atoms with van der Waals surface area (Å²) in [4.78, 5) is 29.9. The van der Waals surface area contributed by atoms with Gasteiger partial charge in [0.25, 0.3) is 11.5 Å². The Balaban J connectivity index is 1.94. The van der Waals surface area contributed by atoms with Gasteiger partial charge >= 0.3 is 0 Å². The summed E-state index contributed by atoms with van der Waals surface area (Å²) in [5.41, 5.74) is 1.29. The number of amides is 1. The van der Waals surface area contributed by atoms with Gasteiger partial charge < -0.3 is 9.88 Å². The Bertz CT molecular complexity index is 935. The molecule has 0 bridgehead atoms. The molecule has 1 saturated carbocycles. The van der Waals surface area contributed by atoms with Crippen LogP contribution in [0.2, 0.25) is 0 Å². The molecule has 23 heavy (non-hydrogen) atoms. The quantitative estimate of drug-likeness (QED) is 0.796. The highest BCUT2D eigenvalue weighted by molar-refractivity contribution is 7.13. The number of fused-ring (bicyclic) bond motifs is 1. The van der Waals surface area contributed by atoms with Crippen LogP contribution >= 0.6 is 11.3 Å². The van der Waals surface area contributed by atoms with E-state index < -0.39 is 0 Å². The Morgan fingerprint density at radius 1 is 1.43 bits per heavy atom. The van der Waals surface area contributed by atoms with Gasteiger partial charge in [0.2, 0.25) is 5.65 Å². The minimum Gasteiger partial charge on any atom is -0.354 e. The predicted molar refractivity (Wildman–Crippen MR) is 88.9 cm³/mol. The van der Waals surface area contributed by atoms with E-state index in [1.807, 2.05) is 23.7 Å². The number of imidazole rings is 1. The number of hydrogen-bond acceptors (Lipinski definition) is 4. The molecule has 7 heteroatoms. The maximum absolute atomic E-state index is 12.9. The van der Waals surface area contributed by atoms with E-state index in [4.69, 9.17) is 0 Å². The molecule has 1 aliphatic rings. The number of rotatable bonds is 4. The van der Waals surface area contributed by atoms with Crippen LogP contribution < -0.4 is 10.9 Å². The lowest BCUT2D eigenvalue weighted by molar-refractivity contribution is 0.0959. The fourth-order valence-corrected chi connectivity index (χ4v) is 3.42. The summed E-state index contributed by atoms with van der Waals surface area (Å²) >= 11 is 1.60. The van der Waals surface area contributed by atoms with Crippen molar-refractivity contribution in [3.63, 3.8) is 0 Å². The Morgan fingerprint density at radius 2 is 2.26 bits per heavy atom. The lowest BCUT2D eigenvalue weighted by Crippen LogP contribution is -2.25. The van der Waals surface area contributed by atoms with E-state index in [1.165, 1.54) is 12.8 Å². The summed E-state index contributed by atoms with van der Waals surface area (Å²) in [5, 5.41) is 4.53. The molecule has 118 valence electrons. The maximum atomic E-state index is 12.9. The number of aromatic nitrogens is 3. The zero-order chi connectivity index (χ0) is 16.0. The zero-order valence-electron chi connectivity index (χ0n) is 12.7. The summed E-state index contributed by atoms with van der Waals surface area (Å²) in [6.07, 6.45) is 5.83. The number of nitrogens with zero attached hydrogens (tertiary/aromatic N) is 3. The lowest BCUT2D eigenvalue weighted by Gasteiger charge is -2.11. The fraction of sp³-hybridized carbons (Fsp3) is 0.312. The Kier molecular flexibility index (Phi) is 3.30. The molecule has 3 aromatic rings. The first-order chi connectivity index (χ1) is 11.2. The second-order valence-electron chi connectivity index (χ2n) is 5.79. The minimum atomic E-state index is -0.292. The van der Waals surface area contributed by atoms with Crippen molar-refractivity contribution in [3.05, 3.63) is 46.0 Å². The van der Waals surface area contributed by atoms with Gasteiger partial charge in [0.1, 0.15) is 5.69 Å². The summed E-state index contributed by atoms with van der Waals surface area (Å²) < 4.78 is 3.46. The predicted octanol–water partition coefficient (Wildman–Crippen LogP) is 1.99. The van der Waals surface area contributed by atoms with Crippen LogP contribution in [0.5, 0.6) is 0 Å². The van der Waals surface area contributed by atoms with E-state index >= 15 is 0 Å². The summed E-state index contributed by atoms with van der Waals surface area (Å²) in [6, 6.07) is 3.98. The summed E-state index contributed by atoms with van der Waals surface area (Å²) in [5.74, 6) is 0.279. The van der Waals surface area contributed by atoms with Crippen LogP contribution in [0.15, 0.2) is 34.7 Å². The van der Waals surface area contributed by atoms with Gasteiger partial charge in [-0.05, 0) is 30.2 Å². The molecule has 0 atom stereocenters. The second kappa shape index (κ2) is 5.34. The molecule has 0 aromatic carbocycles. The van der Waals surface area contributed by atoms with Gasteiger partial charge in [-0.1, -0.05) is 6.07 Å². The van der Waals surface area contributed by atoms with E-state index in [0.717, 1.165) is 10.6 Å². The Morgan fingerprint density at radius 3 is 2.91 bits per heavy atom. The number of carbonyl (C=O) groups excluding carboxylic acids is 1. The van der Waals surface area contributed by atoms with Gasteiger partial charge in [0.05, 0.1) is 10.6 Å². The third-order valence-corrected chi connectivity index (χ3v) is 4.98.